The minimum Gasteiger partial charge on any atom is -0.379 e. The normalized spacial score (nSPS) is 36.7. The average molecular weight is 171 g/mol. The summed E-state index contributed by atoms with van der Waals surface area (Å²) in [5, 5.41) is 10.1. The summed E-state index contributed by atoms with van der Waals surface area (Å²) in [6, 6.07) is 0. The van der Waals surface area contributed by atoms with Gasteiger partial charge in [0, 0.05) is 19.5 Å². The Kier molecular flexibility index (Phi) is 2.17. The molecule has 0 aromatic carbocycles. The summed E-state index contributed by atoms with van der Waals surface area (Å²) in [4.78, 5) is 13.2. The highest BCUT2D eigenvalue weighted by Gasteiger charge is 2.51. The lowest BCUT2D eigenvalue weighted by Gasteiger charge is -2.28. The topological polar surface area (TPSA) is 40.5 Å². The predicted octanol–water partition coefficient (Wildman–Crippen LogP) is 0.482. The predicted molar refractivity (Wildman–Crippen MR) is 46.6 cm³/mol. The van der Waals surface area contributed by atoms with Crippen molar-refractivity contribution >= 4 is 5.91 Å². The Morgan fingerprint density at radius 1 is 1.67 bits per heavy atom. The van der Waals surface area contributed by atoms with E-state index in [1.807, 2.05) is 20.8 Å². The molecular formula is C9H17NO2. The molecule has 0 radical (unpaired) electrons. The van der Waals surface area contributed by atoms with Gasteiger partial charge in [0.15, 0.2) is 0 Å². The molecular weight excluding hydrogens is 154 g/mol. The van der Waals surface area contributed by atoms with E-state index in [0.717, 1.165) is 0 Å². The molecule has 1 rings (SSSR count). The van der Waals surface area contributed by atoms with E-state index in [1.165, 1.54) is 0 Å². The molecule has 1 heterocycles. The third-order valence-electron chi connectivity index (χ3n) is 2.87. The van der Waals surface area contributed by atoms with Gasteiger partial charge in [-0.15, -0.1) is 0 Å². The molecule has 1 aliphatic rings. The van der Waals surface area contributed by atoms with Crippen LogP contribution in [0.3, 0.4) is 0 Å². The van der Waals surface area contributed by atoms with E-state index < -0.39 is 5.60 Å². The van der Waals surface area contributed by atoms with Crippen LogP contribution in [0.5, 0.6) is 0 Å². The number of likely N-dealkylation sites (tertiary alicyclic amines) is 1. The molecule has 1 N–H and O–H groups in total. The number of hydrogen-bond donors (Lipinski definition) is 1. The molecule has 0 bridgehead atoms. The number of likely N-dealkylation sites (N-methyl/N-ethyl adjacent to an activating group) is 1. The fraction of sp³-hybridized carbons (Fsp3) is 0.889. The van der Waals surface area contributed by atoms with Crippen molar-refractivity contribution in [2.75, 3.05) is 13.6 Å². The zero-order valence-corrected chi connectivity index (χ0v) is 8.16. The van der Waals surface area contributed by atoms with E-state index >= 15 is 0 Å². The smallest absolute Gasteiger partial charge is 0.254 e. The van der Waals surface area contributed by atoms with E-state index in [1.54, 1.807) is 11.9 Å². The van der Waals surface area contributed by atoms with Crippen LogP contribution in [0.4, 0.5) is 0 Å². The number of rotatable bonds is 1. The summed E-state index contributed by atoms with van der Waals surface area (Å²) in [6.45, 7) is 6.34. The van der Waals surface area contributed by atoms with Crippen LogP contribution in [0.1, 0.15) is 20.8 Å². The monoisotopic (exact) mass is 171 g/mol. The second kappa shape index (κ2) is 2.73. The van der Waals surface area contributed by atoms with Gasteiger partial charge in [-0.3, -0.25) is 4.79 Å². The minimum atomic E-state index is -1.13. The molecule has 0 aromatic rings. The van der Waals surface area contributed by atoms with Gasteiger partial charge in [-0.05, 0) is 5.92 Å². The zero-order chi connectivity index (χ0) is 9.52. The van der Waals surface area contributed by atoms with Crippen LogP contribution < -0.4 is 0 Å². The van der Waals surface area contributed by atoms with Crippen LogP contribution in [-0.4, -0.2) is 35.1 Å². The third-order valence-corrected chi connectivity index (χ3v) is 2.87. The second-order valence-corrected chi connectivity index (χ2v) is 4.07. The lowest BCUT2D eigenvalue weighted by Crippen LogP contribution is -2.46. The van der Waals surface area contributed by atoms with Crippen molar-refractivity contribution in [3.63, 3.8) is 0 Å². The number of aliphatic hydroxyl groups is 1. The highest BCUT2D eigenvalue weighted by atomic mass is 16.3. The van der Waals surface area contributed by atoms with Crippen LogP contribution >= 0.6 is 0 Å². The largest absolute Gasteiger partial charge is 0.379 e. The van der Waals surface area contributed by atoms with E-state index in [-0.39, 0.29) is 17.7 Å². The third kappa shape index (κ3) is 1.04. The number of carbonyl (C=O) groups excluding carboxylic acids is 1. The van der Waals surface area contributed by atoms with Crippen LogP contribution in [0.2, 0.25) is 0 Å². The van der Waals surface area contributed by atoms with Crippen LogP contribution in [0.25, 0.3) is 0 Å². The van der Waals surface area contributed by atoms with Crippen molar-refractivity contribution in [3.8, 4) is 0 Å². The maximum absolute atomic E-state index is 11.6. The van der Waals surface area contributed by atoms with Gasteiger partial charge in [-0.1, -0.05) is 20.8 Å². The Balaban J connectivity index is 2.96. The van der Waals surface area contributed by atoms with Crippen molar-refractivity contribution in [2.45, 2.75) is 26.4 Å². The number of nitrogens with zero attached hydrogens (tertiary/aromatic N) is 1. The first-order chi connectivity index (χ1) is 5.40. The van der Waals surface area contributed by atoms with Gasteiger partial charge in [0.1, 0.15) is 5.60 Å². The number of hydrogen-bond acceptors (Lipinski definition) is 2. The summed E-state index contributed by atoms with van der Waals surface area (Å²) >= 11 is 0. The van der Waals surface area contributed by atoms with Crippen molar-refractivity contribution in [1.29, 1.82) is 0 Å². The highest BCUT2D eigenvalue weighted by molar-refractivity contribution is 5.87. The van der Waals surface area contributed by atoms with Gasteiger partial charge in [0.2, 0.25) is 0 Å². The van der Waals surface area contributed by atoms with Crippen molar-refractivity contribution in [3.05, 3.63) is 0 Å². The zero-order valence-electron chi connectivity index (χ0n) is 8.16. The maximum atomic E-state index is 11.6. The van der Waals surface area contributed by atoms with Crippen molar-refractivity contribution < 1.29 is 9.90 Å². The highest BCUT2D eigenvalue weighted by Crippen LogP contribution is 2.33. The van der Waals surface area contributed by atoms with Crippen LogP contribution in [0, 0.1) is 11.8 Å². The first-order valence-electron chi connectivity index (χ1n) is 4.38. The Morgan fingerprint density at radius 2 is 2.17 bits per heavy atom. The van der Waals surface area contributed by atoms with E-state index in [4.69, 9.17) is 0 Å². The van der Waals surface area contributed by atoms with Gasteiger partial charge in [0.05, 0.1) is 0 Å². The molecule has 1 saturated heterocycles. The lowest BCUT2D eigenvalue weighted by molar-refractivity contribution is -0.148. The minimum absolute atomic E-state index is 0.00931. The first kappa shape index (κ1) is 9.52. The van der Waals surface area contributed by atoms with Crippen molar-refractivity contribution in [2.24, 2.45) is 11.8 Å². The molecule has 1 fully saturated rings. The van der Waals surface area contributed by atoms with Crippen molar-refractivity contribution in [1.82, 2.24) is 4.90 Å². The SMILES string of the molecule is CC(C)[C@@]1(O)C(=O)N(C)CC1C. The van der Waals surface area contributed by atoms with Gasteiger partial charge in [-0.2, -0.15) is 0 Å². The summed E-state index contributed by atoms with van der Waals surface area (Å²) in [7, 11) is 1.74. The molecule has 2 atom stereocenters. The Bertz CT molecular complexity index is 203. The van der Waals surface area contributed by atoms with E-state index in [2.05, 4.69) is 0 Å². The van der Waals surface area contributed by atoms with Gasteiger partial charge >= 0.3 is 0 Å². The quantitative estimate of drug-likeness (QED) is 0.623. The molecule has 0 aliphatic carbocycles. The second-order valence-electron chi connectivity index (χ2n) is 4.07. The molecule has 1 unspecified atom stereocenters. The Hall–Kier alpha value is -0.570. The van der Waals surface area contributed by atoms with Gasteiger partial charge in [0.25, 0.3) is 5.91 Å². The molecule has 70 valence electrons. The molecule has 1 amide bonds. The fourth-order valence-electron chi connectivity index (χ4n) is 1.97. The Labute approximate surface area is 73.4 Å². The van der Waals surface area contributed by atoms with Crippen LogP contribution in [-0.2, 0) is 4.79 Å². The average Bonchev–Trinajstić information content (AvgIpc) is 2.16. The summed E-state index contributed by atoms with van der Waals surface area (Å²) in [6.07, 6.45) is 0. The van der Waals surface area contributed by atoms with E-state index in [9.17, 15) is 9.90 Å². The molecule has 12 heavy (non-hydrogen) atoms. The summed E-state index contributed by atoms with van der Waals surface area (Å²) in [5.74, 6) is -0.107. The lowest BCUT2D eigenvalue weighted by atomic mass is 9.82. The maximum Gasteiger partial charge on any atom is 0.254 e. The summed E-state index contributed by atoms with van der Waals surface area (Å²) in [5.41, 5.74) is -1.13. The number of amides is 1. The molecule has 1 aliphatic heterocycles. The molecule has 3 nitrogen and oxygen atoms in total. The molecule has 0 aromatic heterocycles. The summed E-state index contributed by atoms with van der Waals surface area (Å²) < 4.78 is 0. The van der Waals surface area contributed by atoms with E-state index in [0.29, 0.717) is 6.54 Å². The Morgan fingerprint density at radius 3 is 2.33 bits per heavy atom. The van der Waals surface area contributed by atoms with Crippen LogP contribution in [0.15, 0.2) is 0 Å². The van der Waals surface area contributed by atoms with Gasteiger partial charge < -0.3 is 10.0 Å². The molecule has 0 saturated carbocycles. The fourth-order valence-corrected chi connectivity index (χ4v) is 1.97. The molecule has 3 heteroatoms. The first-order valence-corrected chi connectivity index (χ1v) is 4.38. The van der Waals surface area contributed by atoms with Gasteiger partial charge in [-0.25, -0.2) is 0 Å². The standard InChI is InChI=1S/C9H17NO2/c1-6(2)9(12)7(3)5-10(4)8(9)11/h6-7,12H,5H2,1-4H3/t7?,9-/m0/s1. The molecule has 0 spiro atoms. The number of carbonyl (C=O) groups is 1.